The molecule has 4 rings (SSSR count). The lowest BCUT2D eigenvalue weighted by Gasteiger charge is -2.36. The fourth-order valence-corrected chi connectivity index (χ4v) is 4.03. The van der Waals surface area contributed by atoms with Gasteiger partial charge in [-0.25, -0.2) is 0 Å². The minimum absolute atomic E-state index is 0.164. The molecular formula is C22H26N2O2. The van der Waals surface area contributed by atoms with Gasteiger partial charge >= 0.3 is 0 Å². The largest absolute Gasteiger partial charge is 0.492 e. The number of hydrogen-bond donors (Lipinski definition) is 0. The molecule has 1 aliphatic carbocycles. The van der Waals surface area contributed by atoms with Gasteiger partial charge in [0.1, 0.15) is 5.75 Å². The van der Waals surface area contributed by atoms with Gasteiger partial charge in [-0.15, -0.1) is 0 Å². The molecule has 0 N–H and O–H groups in total. The highest BCUT2D eigenvalue weighted by molar-refractivity contribution is 5.94. The quantitative estimate of drug-likeness (QED) is 0.846. The van der Waals surface area contributed by atoms with E-state index in [1.165, 1.54) is 17.5 Å². The second kappa shape index (κ2) is 7.40. The molecular weight excluding hydrogens is 324 g/mol. The summed E-state index contributed by atoms with van der Waals surface area (Å²) in [5, 5.41) is 0. The summed E-state index contributed by atoms with van der Waals surface area (Å²) in [5.74, 6) is 1.09. The molecule has 0 bridgehead atoms. The van der Waals surface area contributed by atoms with E-state index in [-0.39, 0.29) is 5.91 Å². The molecule has 1 fully saturated rings. The van der Waals surface area contributed by atoms with Gasteiger partial charge in [-0.3, -0.25) is 4.79 Å². The molecule has 0 radical (unpaired) electrons. The Labute approximate surface area is 155 Å². The molecule has 1 aliphatic heterocycles. The smallest absolute Gasteiger partial charge is 0.253 e. The van der Waals surface area contributed by atoms with Crippen LogP contribution in [0.3, 0.4) is 0 Å². The van der Waals surface area contributed by atoms with E-state index in [1.807, 2.05) is 36.1 Å². The number of piperazine rings is 1. The first-order chi connectivity index (χ1) is 12.8. The molecule has 4 nitrogen and oxygen atoms in total. The zero-order valence-electron chi connectivity index (χ0n) is 15.4. The van der Waals surface area contributed by atoms with Crippen LogP contribution in [-0.2, 0) is 12.8 Å². The van der Waals surface area contributed by atoms with Crippen LogP contribution in [0.5, 0.6) is 5.75 Å². The lowest BCUT2D eigenvalue weighted by molar-refractivity contribution is 0.0746. The molecule has 0 unspecified atom stereocenters. The van der Waals surface area contributed by atoms with Crippen LogP contribution in [0.4, 0.5) is 5.69 Å². The summed E-state index contributed by atoms with van der Waals surface area (Å²) in [6, 6.07) is 14.4. The predicted molar refractivity (Wildman–Crippen MR) is 104 cm³/mol. The van der Waals surface area contributed by atoms with Crippen LogP contribution < -0.4 is 9.64 Å². The van der Waals surface area contributed by atoms with Crippen molar-refractivity contribution in [2.24, 2.45) is 0 Å². The van der Waals surface area contributed by atoms with Crippen LogP contribution in [0.1, 0.15) is 34.8 Å². The minimum Gasteiger partial charge on any atom is -0.492 e. The molecule has 1 heterocycles. The van der Waals surface area contributed by atoms with Crippen molar-refractivity contribution < 1.29 is 9.53 Å². The molecule has 0 atom stereocenters. The summed E-state index contributed by atoms with van der Waals surface area (Å²) in [6.45, 7) is 5.83. The average Bonchev–Trinajstić information content (AvgIpc) is 3.16. The number of amides is 1. The zero-order valence-corrected chi connectivity index (χ0v) is 15.4. The third-order valence-electron chi connectivity index (χ3n) is 5.42. The first kappa shape index (κ1) is 17.0. The number of aryl methyl sites for hydroxylation is 2. The van der Waals surface area contributed by atoms with Crippen molar-refractivity contribution in [1.29, 1.82) is 0 Å². The van der Waals surface area contributed by atoms with Gasteiger partial charge in [0.05, 0.1) is 12.3 Å². The minimum atomic E-state index is 0.164. The molecule has 2 aliphatic rings. The highest BCUT2D eigenvalue weighted by Gasteiger charge is 2.24. The summed E-state index contributed by atoms with van der Waals surface area (Å²) in [5.41, 5.74) is 4.74. The number of rotatable bonds is 4. The van der Waals surface area contributed by atoms with Crippen LogP contribution >= 0.6 is 0 Å². The highest BCUT2D eigenvalue weighted by atomic mass is 16.5. The van der Waals surface area contributed by atoms with Crippen LogP contribution in [0.2, 0.25) is 0 Å². The van der Waals surface area contributed by atoms with Crippen LogP contribution in [0, 0.1) is 0 Å². The van der Waals surface area contributed by atoms with Crippen LogP contribution in [0.25, 0.3) is 0 Å². The number of anilines is 1. The Bertz CT molecular complexity index is 794. The summed E-state index contributed by atoms with van der Waals surface area (Å²) in [7, 11) is 0. The summed E-state index contributed by atoms with van der Waals surface area (Å²) in [4.78, 5) is 17.2. The molecule has 1 amide bonds. The molecule has 0 saturated carbocycles. The second-order valence-corrected chi connectivity index (χ2v) is 7.02. The normalized spacial score (nSPS) is 16.5. The van der Waals surface area contributed by atoms with E-state index in [4.69, 9.17) is 4.74 Å². The Balaban J connectivity index is 1.43. The van der Waals surface area contributed by atoms with Crippen molar-refractivity contribution in [2.45, 2.75) is 26.2 Å². The SMILES string of the molecule is CCOc1ccccc1N1CCN(C(=O)c2ccc3c(c2)CCC3)CC1. The number of nitrogens with zero attached hydrogens (tertiary/aromatic N) is 2. The van der Waals surface area contributed by atoms with E-state index in [9.17, 15) is 4.79 Å². The fraction of sp³-hybridized carbons (Fsp3) is 0.409. The number of carbonyl (C=O) groups excluding carboxylic acids is 1. The van der Waals surface area contributed by atoms with E-state index in [0.717, 1.165) is 56.0 Å². The van der Waals surface area contributed by atoms with Gasteiger partial charge in [0.25, 0.3) is 5.91 Å². The number of hydrogen-bond acceptors (Lipinski definition) is 3. The van der Waals surface area contributed by atoms with Gasteiger partial charge in [-0.1, -0.05) is 18.2 Å². The molecule has 0 aromatic heterocycles. The van der Waals surface area contributed by atoms with Gasteiger partial charge in [-0.05, 0) is 61.6 Å². The zero-order chi connectivity index (χ0) is 17.9. The van der Waals surface area contributed by atoms with Crippen LogP contribution in [-0.4, -0.2) is 43.6 Å². The molecule has 136 valence electrons. The number of para-hydroxylation sites is 2. The average molecular weight is 350 g/mol. The summed E-state index contributed by atoms with van der Waals surface area (Å²) in [6.07, 6.45) is 3.48. The van der Waals surface area contributed by atoms with Crippen molar-refractivity contribution in [3.63, 3.8) is 0 Å². The maximum Gasteiger partial charge on any atom is 0.253 e. The monoisotopic (exact) mass is 350 g/mol. The van der Waals surface area contributed by atoms with Crippen molar-refractivity contribution in [3.8, 4) is 5.75 Å². The maximum atomic E-state index is 12.9. The fourth-order valence-electron chi connectivity index (χ4n) is 4.03. The van der Waals surface area contributed by atoms with Crippen molar-refractivity contribution >= 4 is 11.6 Å². The Morgan fingerprint density at radius 2 is 1.77 bits per heavy atom. The van der Waals surface area contributed by atoms with E-state index in [2.05, 4.69) is 23.1 Å². The van der Waals surface area contributed by atoms with Crippen LogP contribution in [0.15, 0.2) is 42.5 Å². The first-order valence-corrected chi connectivity index (χ1v) is 9.64. The molecule has 2 aromatic rings. The second-order valence-electron chi connectivity index (χ2n) is 7.02. The van der Waals surface area contributed by atoms with E-state index < -0.39 is 0 Å². The third-order valence-corrected chi connectivity index (χ3v) is 5.42. The Hall–Kier alpha value is -2.49. The van der Waals surface area contributed by atoms with Gasteiger partial charge < -0.3 is 14.5 Å². The van der Waals surface area contributed by atoms with Gasteiger partial charge in [0.15, 0.2) is 0 Å². The van der Waals surface area contributed by atoms with Gasteiger partial charge in [-0.2, -0.15) is 0 Å². The maximum absolute atomic E-state index is 12.9. The Morgan fingerprint density at radius 1 is 1.00 bits per heavy atom. The van der Waals surface area contributed by atoms with Crippen molar-refractivity contribution in [2.75, 3.05) is 37.7 Å². The first-order valence-electron chi connectivity index (χ1n) is 9.64. The standard InChI is InChI=1S/C22H26N2O2/c1-2-26-21-9-4-3-8-20(21)23-12-14-24(15-13-23)22(25)19-11-10-17-6-5-7-18(17)16-19/h3-4,8-11,16H,2,5-7,12-15H2,1H3. The van der Waals surface area contributed by atoms with E-state index >= 15 is 0 Å². The number of ether oxygens (including phenoxy) is 1. The van der Waals surface area contributed by atoms with E-state index in [0.29, 0.717) is 6.61 Å². The topological polar surface area (TPSA) is 32.8 Å². The van der Waals surface area contributed by atoms with Crippen molar-refractivity contribution in [1.82, 2.24) is 4.90 Å². The lowest BCUT2D eigenvalue weighted by Crippen LogP contribution is -2.48. The summed E-state index contributed by atoms with van der Waals surface area (Å²) < 4.78 is 5.75. The summed E-state index contributed by atoms with van der Waals surface area (Å²) >= 11 is 0. The Kier molecular flexibility index (Phi) is 4.83. The Morgan fingerprint density at radius 3 is 2.58 bits per heavy atom. The lowest BCUT2D eigenvalue weighted by atomic mass is 10.1. The van der Waals surface area contributed by atoms with Gasteiger partial charge in [0.2, 0.25) is 0 Å². The molecule has 4 heteroatoms. The molecule has 2 aromatic carbocycles. The van der Waals surface area contributed by atoms with E-state index in [1.54, 1.807) is 0 Å². The van der Waals surface area contributed by atoms with Gasteiger partial charge in [0, 0.05) is 31.7 Å². The molecule has 0 spiro atoms. The number of fused-ring (bicyclic) bond motifs is 1. The third kappa shape index (κ3) is 3.28. The predicted octanol–water partition coefficient (Wildman–Crippen LogP) is 3.54. The number of carbonyl (C=O) groups is 1. The highest BCUT2D eigenvalue weighted by Crippen LogP contribution is 2.29. The number of benzene rings is 2. The molecule has 26 heavy (non-hydrogen) atoms. The molecule has 1 saturated heterocycles. The van der Waals surface area contributed by atoms with Crippen molar-refractivity contribution in [3.05, 3.63) is 59.2 Å².